The fourth-order valence-corrected chi connectivity index (χ4v) is 2.74. The van der Waals surface area contributed by atoms with E-state index in [1.165, 1.54) is 23.1 Å². The summed E-state index contributed by atoms with van der Waals surface area (Å²) < 4.78 is 32.2. The fourth-order valence-electron chi connectivity index (χ4n) is 2.74. The van der Waals surface area contributed by atoms with Crippen LogP contribution in [0.2, 0.25) is 0 Å². The molecule has 0 saturated carbocycles. The van der Waals surface area contributed by atoms with Gasteiger partial charge in [0.2, 0.25) is 5.91 Å². The van der Waals surface area contributed by atoms with Crippen molar-refractivity contribution in [2.45, 2.75) is 33.2 Å². The highest BCUT2D eigenvalue weighted by atomic mass is 19.3. The van der Waals surface area contributed by atoms with E-state index in [9.17, 15) is 18.4 Å². The van der Waals surface area contributed by atoms with E-state index in [-0.39, 0.29) is 35.7 Å². The van der Waals surface area contributed by atoms with Gasteiger partial charge in [0.1, 0.15) is 6.61 Å². The normalized spacial score (nSPS) is 16.4. The number of benzene rings is 1. The van der Waals surface area contributed by atoms with Crippen molar-refractivity contribution in [1.82, 2.24) is 5.32 Å². The maximum atomic E-state index is 13.6. The molecule has 1 aliphatic heterocycles. The number of morpholine rings is 1. The predicted molar refractivity (Wildman–Crippen MR) is 104 cm³/mol. The monoisotopic (exact) mass is 398 g/mol. The van der Waals surface area contributed by atoms with E-state index >= 15 is 0 Å². The van der Waals surface area contributed by atoms with Gasteiger partial charge < -0.3 is 26.0 Å². The zero-order valence-electron chi connectivity index (χ0n) is 16.4. The van der Waals surface area contributed by atoms with Crippen LogP contribution in [0.5, 0.6) is 0 Å². The maximum absolute atomic E-state index is 13.6. The van der Waals surface area contributed by atoms with Crippen molar-refractivity contribution in [1.29, 1.82) is 0 Å². The van der Waals surface area contributed by atoms with Crippen LogP contribution in [0.1, 0.15) is 32.8 Å². The van der Waals surface area contributed by atoms with E-state index in [2.05, 4.69) is 10.6 Å². The topological polar surface area (TPSA) is 96.7 Å². The summed E-state index contributed by atoms with van der Waals surface area (Å²) in [5.74, 6) is -0.776. The summed E-state index contributed by atoms with van der Waals surface area (Å²) in [4.78, 5) is 25.8. The first kappa shape index (κ1) is 22.2. The molecule has 2 amide bonds. The van der Waals surface area contributed by atoms with Crippen molar-refractivity contribution >= 4 is 23.2 Å². The van der Waals surface area contributed by atoms with Crippen molar-refractivity contribution in [3.05, 3.63) is 23.8 Å². The first-order chi connectivity index (χ1) is 13.1. The number of amides is 2. The van der Waals surface area contributed by atoms with E-state index < -0.39 is 18.4 Å². The van der Waals surface area contributed by atoms with E-state index in [0.717, 1.165) is 0 Å². The molecule has 0 aromatic heterocycles. The average molecular weight is 398 g/mol. The molecule has 0 aliphatic carbocycles. The molecule has 156 valence electrons. The van der Waals surface area contributed by atoms with E-state index in [1.807, 2.05) is 20.8 Å². The van der Waals surface area contributed by atoms with Crippen LogP contribution in [-0.4, -0.2) is 50.7 Å². The zero-order valence-corrected chi connectivity index (χ0v) is 16.4. The number of nitrogens with one attached hydrogen (secondary N) is 2. The van der Waals surface area contributed by atoms with Crippen LogP contribution in [-0.2, 0) is 14.3 Å². The number of nitrogens with zero attached hydrogens (tertiary/aromatic N) is 1. The lowest BCUT2D eigenvalue weighted by Gasteiger charge is -2.28. The second-order valence-electron chi connectivity index (χ2n) is 7.89. The van der Waals surface area contributed by atoms with Crippen molar-refractivity contribution in [2.75, 3.05) is 43.1 Å². The molecule has 1 aromatic rings. The van der Waals surface area contributed by atoms with Crippen molar-refractivity contribution in [2.24, 2.45) is 11.1 Å². The second-order valence-corrected chi connectivity index (χ2v) is 7.89. The van der Waals surface area contributed by atoms with Gasteiger partial charge in [-0.2, -0.15) is 0 Å². The number of anilines is 2. The molecule has 1 fully saturated rings. The minimum Gasteiger partial charge on any atom is -0.370 e. The Morgan fingerprint density at radius 2 is 2.07 bits per heavy atom. The van der Waals surface area contributed by atoms with Crippen LogP contribution < -0.4 is 21.3 Å². The molecule has 1 atom stereocenters. The maximum Gasteiger partial charge on any atom is 0.265 e. The van der Waals surface area contributed by atoms with Crippen LogP contribution >= 0.6 is 0 Å². The standard InChI is InChI=1S/C19H28F2N4O3/c1-19(2,3)11-23-15(9-22)18(27)24-14-5-4-12(8-13(14)17(20)21)25-6-7-28-10-16(25)26/h4-5,8,15,17,23H,6-7,9-11,22H2,1-3H3,(H,24,27)/t15-/m1/s1. The van der Waals surface area contributed by atoms with E-state index in [1.54, 1.807) is 0 Å². The molecule has 0 spiro atoms. The molecule has 1 saturated heterocycles. The number of carbonyl (C=O) groups is 2. The highest BCUT2D eigenvalue weighted by Crippen LogP contribution is 2.32. The number of halogens is 2. The van der Waals surface area contributed by atoms with Crippen LogP contribution in [0, 0.1) is 5.41 Å². The number of rotatable bonds is 7. The Morgan fingerprint density at radius 3 is 2.64 bits per heavy atom. The average Bonchev–Trinajstić information content (AvgIpc) is 2.62. The molecular weight excluding hydrogens is 370 g/mol. The molecule has 7 nitrogen and oxygen atoms in total. The number of hydrogen-bond acceptors (Lipinski definition) is 5. The number of ether oxygens (including phenoxy) is 1. The van der Waals surface area contributed by atoms with E-state index in [4.69, 9.17) is 10.5 Å². The summed E-state index contributed by atoms with van der Waals surface area (Å²) in [6.45, 7) is 7.14. The highest BCUT2D eigenvalue weighted by molar-refractivity contribution is 5.97. The SMILES string of the molecule is CC(C)(C)CN[C@H](CN)C(=O)Nc1ccc(N2CCOCC2=O)cc1C(F)F. The van der Waals surface area contributed by atoms with Gasteiger partial charge in [0.15, 0.2) is 0 Å². The van der Waals surface area contributed by atoms with Gasteiger partial charge in [-0.25, -0.2) is 8.78 Å². The third-order valence-corrected chi connectivity index (χ3v) is 4.26. The number of nitrogens with two attached hydrogens (primary N) is 1. The highest BCUT2D eigenvalue weighted by Gasteiger charge is 2.25. The Labute approximate surface area is 163 Å². The summed E-state index contributed by atoms with van der Waals surface area (Å²) in [7, 11) is 0. The van der Waals surface area contributed by atoms with Crippen molar-refractivity contribution in [3.63, 3.8) is 0 Å². The Kier molecular flexibility index (Phi) is 7.45. The second kappa shape index (κ2) is 9.40. The molecule has 1 aromatic carbocycles. The lowest BCUT2D eigenvalue weighted by atomic mass is 9.96. The summed E-state index contributed by atoms with van der Waals surface area (Å²) >= 11 is 0. The van der Waals surface area contributed by atoms with Crippen molar-refractivity contribution < 1.29 is 23.1 Å². The molecule has 0 radical (unpaired) electrons. The summed E-state index contributed by atoms with van der Waals surface area (Å²) in [5.41, 5.74) is 5.60. The Bertz CT molecular complexity index is 707. The van der Waals surface area contributed by atoms with Gasteiger partial charge in [0.05, 0.1) is 12.6 Å². The third-order valence-electron chi connectivity index (χ3n) is 4.26. The fraction of sp³-hybridized carbons (Fsp3) is 0.579. The first-order valence-electron chi connectivity index (χ1n) is 9.17. The van der Waals surface area contributed by atoms with E-state index in [0.29, 0.717) is 25.4 Å². The Morgan fingerprint density at radius 1 is 1.36 bits per heavy atom. The predicted octanol–water partition coefficient (Wildman–Crippen LogP) is 1.89. The molecule has 2 rings (SSSR count). The summed E-state index contributed by atoms with van der Waals surface area (Å²) in [6, 6.07) is 3.44. The zero-order chi connectivity index (χ0) is 20.9. The van der Waals surface area contributed by atoms with Crippen molar-refractivity contribution in [3.8, 4) is 0 Å². The Hall–Kier alpha value is -2.10. The molecule has 28 heavy (non-hydrogen) atoms. The smallest absolute Gasteiger partial charge is 0.265 e. The van der Waals surface area contributed by atoms with Gasteiger partial charge in [0.25, 0.3) is 12.3 Å². The molecule has 9 heteroatoms. The molecule has 0 unspecified atom stereocenters. The van der Waals surface area contributed by atoms with Gasteiger partial charge in [0, 0.05) is 36.6 Å². The molecule has 1 heterocycles. The lowest BCUT2D eigenvalue weighted by molar-refractivity contribution is -0.125. The summed E-state index contributed by atoms with van der Waals surface area (Å²) in [6.07, 6.45) is -2.81. The first-order valence-corrected chi connectivity index (χ1v) is 9.17. The van der Waals surface area contributed by atoms with Gasteiger partial charge in [-0.15, -0.1) is 0 Å². The van der Waals surface area contributed by atoms with Crippen LogP contribution in [0.25, 0.3) is 0 Å². The van der Waals surface area contributed by atoms with Gasteiger partial charge in [-0.05, 0) is 23.6 Å². The summed E-state index contributed by atoms with van der Waals surface area (Å²) in [5, 5.41) is 5.59. The van der Waals surface area contributed by atoms with Crippen LogP contribution in [0.4, 0.5) is 20.2 Å². The number of carbonyl (C=O) groups excluding carboxylic acids is 2. The Balaban J connectivity index is 2.17. The quantitative estimate of drug-likeness (QED) is 0.652. The van der Waals surface area contributed by atoms with Gasteiger partial charge in [-0.3, -0.25) is 9.59 Å². The van der Waals surface area contributed by atoms with Crippen LogP contribution in [0.15, 0.2) is 18.2 Å². The molecule has 4 N–H and O–H groups in total. The number of alkyl halides is 2. The molecular formula is C19H28F2N4O3. The molecule has 1 aliphatic rings. The molecule has 0 bridgehead atoms. The van der Waals surface area contributed by atoms with Gasteiger partial charge in [-0.1, -0.05) is 20.8 Å². The van der Waals surface area contributed by atoms with Gasteiger partial charge >= 0.3 is 0 Å². The minimum atomic E-state index is -2.81. The minimum absolute atomic E-state index is 0.000432. The third kappa shape index (κ3) is 5.95. The van der Waals surface area contributed by atoms with Crippen LogP contribution in [0.3, 0.4) is 0 Å². The largest absolute Gasteiger partial charge is 0.370 e. The lowest BCUT2D eigenvalue weighted by Crippen LogP contribution is -2.48. The number of hydrogen-bond donors (Lipinski definition) is 3.